The Hall–Kier alpha value is -3.00. The second-order valence-electron chi connectivity index (χ2n) is 6.81. The van der Waals surface area contributed by atoms with E-state index in [1.165, 1.54) is 16.4 Å². The van der Waals surface area contributed by atoms with Crippen molar-refractivity contribution < 1.29 is 9.53 Å². The molecular formula is C21H23N5O2S. The van der Waals surface area contributed by atoms with Gasteiger partial charge in [-0.3, -0.25) is 4.79 Å². The molecule has 1 saturated carbocycles. The molecule has 2 aromatic carbocycles. The summed E-state index contributed by atoms with van der Waals surface area (Å²) in [4.78, 5) is 13.3. The summed E-state index contributed by atoms with van der Waals surface area (Å²) in [5.41, 5.74) is 1.49. The lowest BCUT2D eigenvalue weighted by Crippen LogP contribution is -2.21. The number of rotatable bonds is 8. The maximum absolute atomic E-state index is 13.3. The van der Waals surface area contributed by atoms with Crippen molar-refractivity contribution in [2.45, 2.75) is 36.1 Å². The molecule has 29 heavy (non-hydrogen) atoms. The van der Waals surface area contributed by atoms with E-state index in [1.807, 2.05) is 61.5 Å². The molecule has 3 aromatic rings. The predicted octanol–water partition coefficient (Wildman–Crippen LogP) is 3.74. The number of nitrogens with two attached hydrogens (primary N) is 1. The summed E-state index contributed by atoms with van der Waals surface area (Å²) in [7, 11) is 0. The van der Waals surface area contributed by atoms with Crippen LogP contribution < -0.4 is 15.9 Å². The van der Waals surface area contributed by atoms with Crippen molar-refractivity contribution >= 4 is 23.4 Å². The molecule has 4 rings (SSSR count). The highest BCUT2D eigenvalue weighted by atomic mass is 32.2. The fourth-order valence-corrected chi connectivity index (χ4v) is 4.01. The number of nitrogens with zero attached hydrogens (tertiary/aromatic N) is 3. The van der Waals surface area contributed by atoms with Gasteiger partial charge in [-0.05, 0) is 37.5 Å². The van der Waals surface area contributed by atoms with Gasteiger partial charge in [-0.2, -0.15) is 0 Å². The maximum Gasteiger partial charge on any atom is 0.242 e. The minimum Gasteiger partial charge on any atom is -0.492 e. The van der Waals surface area contributed by atoms with E-state index in [1.54, 1.807) is 0 Å². The number of carbonyl (C=O) groups is 1. The molecular weight excluding hydrogens is 386 g/mol. The predicted molar refractivity (Wildman–Crippen MR) is 113 cm³/mol. The number of para-hydroxylation sites is 2. The monoisotopic (exact) mass is 409 g/mol. The number of carbonyl (C=O) groups excluding carboxylic acids is 1. The lowest BCUT2D eigenvalue weighted by Gasteiger charge is -2.18. The molecule has 8 heteroatoms. The van der Waals surface area contributed by atoms with Crippen LogP contribution in [-0.2, 0) is 4.79 Å². The molecule has 0 unspecified atom stereocenters. The summed E-state index contributed by atoms with van der Waals surface area (Å²) in [6.07, 6.45) is 2.16. The van der Waals surface area contributed by atoms with Crippen LogP contribution in [0.5, 0.6) is 5.75 Å². The summed E-state index contributed by atoms with van der Waals surface area (Å²) in [6.45, 7) is 2.43. The van der Waals surface area contributed by atoms with Crippen LogP contribution in [0.25, 0.3) is 0 Å². The van der Waals surface area contributed by atoms with Crippen molar-refractivity contribution in [3.63, 3.8) is 0 Å². The highest BCUT2D eigenvalue weighted by molar-refractivity contribution is 8.00. The first-order valence-corrected chi connectivity index (χ1v) is 10.5. The number of amides is 1. The van der Waals surface area contributed by atoms with Crippen molar-refractivity contribution in [2.75, 3.05) is 17.8 Å². The van der Waals surface area contributed by atoms with Crippen LogP contribution in [0.3, 0.4) is 0 Å². The van der Waals surface area contributed by atoms with E-state index in [2.05, 4.69) is 15.5 Å². The van der Waals surface area contributed by atoms with Gasteiger partial charge in [0.05, 0.1) is 12.3 Å². The Morgan fingerprint density at radius 1 is 1.21 bits per heavy atom. The molecule has 1 amide bonds. The van der Waals surface area contributed by atoms with Gasteiger partial charge >= 0.3 is 0 Å². The van der Waals surface area contributed by atoms with E-state index in [-0.39, 0.29) is 5.91 Å². The van der Waals surface area contributed by atoms with Crippen molar-refractivity contribution in [3.8, 4) is 5.75 Å². The molecule has 1 aliphatic carbocycles. The van der Waals surface area contributed by atoms with Crippen LogP contribution in [0.15, 0.2) is 59.8 Å². The minimum atomic E-state index is -0.538. The number of nitrogen functional groups attached to an aromatic ring is 1. The van der Waals surface area contributed by atoms with E-state index in [0.717, 1.165) is 24.2 Å². The van der Waals surface area contributed by atoms with Crippen molar-refractivity contribution in [1.29, 1.82) is 0 Å². The van der Waals surface area contributed by atoms with Gasteiger partial charge < -0.3 is 15.9 Å². The third-order valence-electron chi connectivity index (χ3n) is 4.64. The van der Waals surface area contributed by atoms with Gasteiger partial charge in [-0.1, -0.05) is 54.2 Å². The molecule has 1 fully saturated rings. The zero-order valence-corrected chi connectivity index (χ0v) is 16.9. The first-order chi connectivity index (χ1) is 14.2. The molecule has 3 N–H and O–H groups in total. The molecule has 0 radical (unpaired) electrons. The topological polar surface area (TPSA) is 95.1 Å². The summed E-state index contributed by atoms with van der Waals surface area (Å²) >= 11 is 1.29. The number of ether oxygens (including phenoxy) is 1. The van der Waals surface area contributed by atoms with Crippen molar-refractivity contribution in [3.05, 3.63) is 66.0 Å². The first kappa shape index (κ1) is 19.3. The van der Waals surface area contributed by atoms with Gasteiger partial charge in [0.1, 0.15) is 11.0 Å². The number of thioether (sulfide) groups is 1. The molecule has 7 nitrogen and oxygen atoms in total. The van der Waals surface area contributed by atoms with E-state index < -0.39 is 5.25 Å². The fourth-order valence-electron chi connectivity index (χ4n) is 3.04. The van der Waals surface area contributed by atoms with Gasteiger partial charge in [0.15, 0.2) is 5.82 Å². The highest BCUT2D eigenvalue weighted by Gasteiger charge is 2.32. The average Bonchev–Trinajstić information content (AvgIpc) is 3.52. The quantitative estimate of drug-likeness (QED) is 0.435. The molecule has 0 spiro atoms. The largest absolute Gasteiger partial charge is 0.492 e. The second kappa shape index (κ2) is 8.57. The lowest BCUT2D eigenvalue weighted by molar-refractivity contribution is -0.115. The number of anilines is 1. The Labute approximate surface area is 173 Å². The van der Waals surface area contributed by atoms with Gasteiger partial charge in [0.25, 0.3) is 0 Å². The molecule has 1 heterocycles. The van der Waals surface area contributed by atoms with Crippen LogP contribution in [0.2, 0.25) is 0 Å². The summed E-state index contributed by atoms with van der Waals surface area (Å²) < 4.78 is 7.14. The van der Waals surface area contributed by atoms with Crippen LogP contribution in [0.4, 0.5) is 5.69 Å². The van der Waals surface area contributed by atoms with Crippen molar-refractivity contribution in [1.82, 2.24) is 14.9 Å². The number of benzene rings is 2. The zero-order chi connectivity index (χ0) is 20.2. The summed E-state index contributed by atoms with van der Waals surface area (Å²) in [5.74, 6) is 7.82. The second-order valence-corrected chi connectivity index (χ2v) is 7.88. The van der Waals surface area contributed by atoms with Crippen LogP contribution >= 0.6 is 11.8 Å². The summed E-state index contributed by atoms with van der Waals surface area (Å²) in [5, 5.41) is 11.4. The third-order valence-corrected chi connectivity index (χ3v) is 5.85. The lowest BCUT2D eigenvalue weighted by atomic mass is 10.1. The number of hydrogen-bond acceptors (Lipinski definition) is 6. The molecule has 0 bridgehead atoms. The van der Waals surface area contributed by atoms with E-state index in [9.17, 15) is 4.79 Å². The molecule has 150 valence electrons. The number of aromatic nitrogens is 3. The van der Waals surface area contributed by atoms with Gasteiger partial charge in [-0.15, -0.1) is 10.2 Å². The highest BCUT2D eigenvalue weighted by Crippen LogP contribution is 2.41. The van der Waals surface area contributed by atoms with E-state index in [4.69, 9.17) is 10.6 Å². The Bertz CT molecular complexity index is 988. The normalized spacial score (nSPS) is 14.4. The standard InChI is InChI=1S/C21H23N5O2S/c1-2-28-17-11-7-6-10-16(17)23-20(27)18(14-8-4-3-5-9-14)29-21-25-24-19(26(21)22)15-12-13-15/h3-11,15,18H,2,12-13,22H2,1H3,(H,23,27)/t18-/m0/s1. The SMILES string of the molecule is CCOc1ccccc1NC(=O)[C@@H](Sc1nnc(C2CC2)n1N)c1ccccc1. The van der Waals surface area contributed by atoms with Crippen LogP contribution in [0, 0.1) is 0 Å². The van der Waals surface area contributed by atoms with Crippen LogP contribution in [-0.4, -0.2) is 27.4 Å². The van der Waals surface area contributed by atoms with Gasteiger partial charge in [0, 0.05) is 5.92 Å². The van der Waals surface area contributed by atoms with Crippen molar-refractivity contribution in [2.24, 2.45) is 0 Å². The molecule has 1 aromatic heterocycles. The molecule has 0 aliphatic heterocycles. The van der Waals surface area contributed by atoms with Gasteiger partial charge in [-0.25, -0.2) is 4.68 Å². The van der Waals surface area contributed by atoms with E-state index >= 15 is 0 Å². The fraction of sp³-hybridized carbons (Fsp3) is 0.286. The van der Waals surface area contributed by atoms with Crippen LogP contribution in [0.1, 0.15) is 42.3 Å². The number of hydrogen-bond donors (Lipinski definition) is 2. The van der Waals surface area contributed by atoms with E-state index in [0.29, 0.717) is 29.1 Å². The Morgan fingerprint density at radius 2 is 1.93 bits per heavy atom. The molecule has 0 saturated heterocycles. The number of nitrogens with one attached hydrogen (secondary N) is 1. The average molecular weight is 410 g/mol. The minimum absolute atomic E-state index is 0.177. The molecule has 1 atom stereocenters. The molecule has 1 aliphatic rings. The zero-order valence-electron chi connectivity index (χ0n) is 16.1. The van der Waals surface area contributed by atoms with Gasteiger partial charge in [0.2, 0.25) is 11.1 Å². The first-order valence-electron chi connectivity index (χ1n) is 9.62. The smallest absolute Gasteiger partial charge is 0.242 e. The summed E-state index contributed by atoms with van der Waals surface area (Å²) in [6, 6.07) is 17.0. The Kier molecular flexibility index (Phi) is 5.71. The Morgan fingerprint density at radius 3 is 2.66 bits per heavy atom. The Balaban J connectivity index is 1.60. The third kappa shape index (κ3) is 4.37. The maximum atomic E-state index is 13.3.